The number of hydrogen-bond donors (Lipinski definition) is 1. The SMILES string of the molecule is CC1=C(C)C(=O)N(C(CO)CC(C)C)C1=O. The van der Waals surface area contributed by atoms with E-state index in [1.807, 2.05) is 13.8 Å². The second kappa shape index (κ2) is 4.78. The highest BCUT2D eigenvalue weighted by molar-refractivity contribution is 6.18. The van der Waals surface area contributed by atoms with Crippen LogP contribution in [-0.4, -0.2) is 34.5 Å². The molecule has 0 saturated heterocycles. The summed E-state index contributed by atoms with van der Waals surface area (Å²) in [7, 11) is 0. The minimum absolute atomic E-state index is 0.170. The van der Waals surface area contributed by atoms with E-state index in [0.717, 1.165) is 0 Å². The number of carbonyl (C=O) groups is 2. The van der Waals surface area contributed by atoms with E-state index in [2.05, 4.69) is 0 Å². The molecule has 2 amide bonds. The van der Waals surface area contributed by atoms with Crippen LogP contribution >= 0.6 is 0 Å². The Balaban J connectivity index is 2.90. The van der Waals surface area contributed by atoms with E-state index in [-0.39, 0.29) is 18.4 Å². The van der Waals surface area contributed by atoms with Crippen LogP contribution in [0.25, 0.3) is 0 Å². The predicted molar refractivity (Wildman–Crippen MR) is 60.6 cm³/mol. The van der Waals surface area contributed by atoms with Gasteiger partial charge in [-0.25, -0.2) is 0 Å². The summed E-state index contributed by atoms with van der Waals surface area (Å²) in [6.07, 6.45) is 0.633. The molecule has 0 bridgehead atoms. The molecule has 0 saturated carbocycles. The maximum absolute atomic E-state index is 11.8. The van der Waals surface area contributed by atoms with Gasteiger partial charge in [-0.05, 0) is 26.2 Å². The number of imide groups is 1. The van der Waals surface area contributed by atoms with Gasteiger partial charge in [0.05, 0.1) is 12.6 Å². The van der Waals surface area contributed by atoms with E-state index in [1.165, 1.54) is 4.90 Å². The molecule has 0 aromatic carbocycles. The molecular formula is C12H19NO3. The number of hydrogen-bond acceptors (Lipinski definition) is 3. The molecule has 1 rings (SSSR count). The summed E-state index contributed by atoms with van der Waals surface area (Å²) in [5, 5.41) is 9.28. The minimum atomic E-state index is -0.396. The Hall–Kier alpha value is -1.16. The first-order valence-electron chi connectivity index (χ1n) is 5.56. The fourth-order valence-electron chi connectivity index (χ4n) is 1.91. The first-order valence-corrected chi connectivity index (χ1v) is 5.56. The number of carbonyl (C=O) groups excluding carboxylic acids is 2. The van der Waals surface area contributed by atoms with E-state index < -0.39 is 6.04 Å². The largest absolute Gasteiger partial charge is 0.394 e. The van der Waals surface area contributed by atoms with Crippen molar-refractivity contribution in [3.63, 3.8) is 0 Å². The zero-order chi connectivity index (χ0) is 12.5. The van der Waals surface area contributed by atoms with E-state index in [1.54, 1.807) is 13.8 Å². The quantitative estimate of drug-likeness (QED) is 0.729. The van der Waals surface area contributed by atoms with E-state index in [4.69, 9.17) is 0 Å². The first kappa shape index (κ1) is 12.9. The lowest BCUT2D eigenvalue weighted by Gasteiger charge is -2.26. The van der Waals surface area contributed by atoms with Crippen molar-refractivity contribution in [1.82, 2.24) is 4.90 Å². The summed E-state index contributed by atoms with van der Waals surface area (Å²) < 4.78 is 0. The molecule has 1 unspecified atom stereocenters. The fraction of sp³-hybridized carbons (Fsp3) is 0.667. The second-order valence-electron chi connectivity index (χ2n) is 4.70. The molecule has 0 aliphatic carbocycles. The average Bonchev–Trinajstić information content (AvgIpc) is 2.41. The Morgan fingerprint density at radius 2 is 1.56 bits per heavy atom. The smallest absolute Gasteiger partial charge is 0.257 e. The van der Waals surface area contributed by atoms with Crippen LogP contribution < -0.4 is 0 Å². The summed E-state index contributed by atoms with van der Waals surface area (Å²) in [6, 6.07) is -0.396. The lowest BCUT2D eigenvalue weighted by atomic mass is 10.0. The predicted octanol–water partition coefficient (Wildman–Crippen LogP) is 1.10. The van der Waals surface area contributed by atoms with Crippen LogP contribution in [0.5, 0.6) is 0 Å². The molecule has 1 aliphatic heterocycles. The van der Waals surface area contributed by atoms with Crippen molar-refractivity contribution in [1.29, 1.82) is 0 Å². The second-order valence-corrected chi connectivity index (χ2v) is 4.70. The number of amides is 2. The molecule has 0 radical (unpaired) electrons. The summed E-state index contributed by atoms with van der Waals surface area (Å²) in [6.45, 7) is 7.14. The Morgan fingerprint density at radius 3 is 1.88 bits per heavy atom. The molecule has 0 aromatic rings. The average molecular weight is 225 g/mol. The molecule has 1 heterocycles. The maximum atomic E-state index is 11.8. The zero-order valence-corrected chi connectivity index (χ0v) is 10.3. The molecule has 4 heteroatoms. The molecule has 90 valence electrons. The Bertz CT molecular complexity index is 320. The van der Waals surface area contributed by atoms with Crippen molar-refractivity contribution < 1.29 is 14.7 Å². The van der Waals surface area contributed by atoms with Gasteiger partial charge in [0.2, 0.25) is 0 Å². The molecule has 0 aromatic heterocycles. The van der Waals surface area contributed by atoms with Crippen molar-refractivity contribution in [2.75, 3.05) is 6.61 Å². The summed E-state index contributed by atoms with van der Waals surface area (Å²) in [5.41, 5.74) is 0.986. The van der Waals surface area contributed by atoms with Gasteiger partial charge in [-0.15, -0.1) is 0 Å². The van der Waals surface area contributed by atoms with Gasteiger partial charge >= 0.3 is 0 Å². The van der Waals surface area contributed by atoms with Crippen molar-refractivity contribution in [3.8, 4) is 0 Å². The van der Waals surface area contributed by atoms with Crippen molar-refractivity contribution in [2.24, 2.45) is 5.92 Å². The Morgan fingerprint density at radius 1 is 1.12 bits per heavy atom. The van der Waals surface area contributed by atoms with E-state index in [9.17, 15) is 14.7 Å². The van der Waals surface area contributed by atoms with Crippen LogP contribution in [0.2, 0.25) is 0 Å². The molecule has 4 nitrogen and oxygen atoms in total. The zero-order valence-electron chi connectivity index (χ0n) is 10.3. The van der Waals surface area contributed by atoms with Gasteiger partial charge < -0.3 is 5.11 Å². The van der Waals surface area contributed by atoms with Crippen LogP contribution in [0.3, 0.4) is 0 Å². The first-order chi connectivity index (χ1) is 7.40. The van der Waals surface area contributed by atoms with Crippen LogP contribution in [0.1, 0.15) is 34.1 Å². The lowest BCUT2D eigenvalue weighted by Crippen LogP contribution is -2.43. The van der Waals surface area contributed by atoms with E-state index >= 15 is 0 Å². The molecule has 1 N–H and O–H groups in total. The van der Waals surface area contributed by atoms with Crippen LogP contribution in [0, 0.1) is 5.92 Å². The van der Waals surface area contributed by atoms with Gasteiger partial charge in [0.1, 0.15) is 0 Å². The molecule has 0 fully saturated rings. The third-order valence-electron chi connectivity index (χ3n) is 2.96. The summed E-state index contributed by atoms with van der Waals surface area (Å²) in [5.74, 6) is -0.191. The highest BCUT2D eigenvalue weighted by atomic mass is 16.3. The van der Waals surface area contributed by atoms with E-state index in [0.29, 0.717) is 23.5 Å². The highest BCUT2D eigenvalue weighted by Crippen LogP contribution is 2.24. The van der Waals surface area contributed by atoms with Crippen LogP contribution in [0.4, 0.5) is 0 Å². The standard InChI is InChI=1S/C12H19NO3/c1-7(2)5-10(6-14)13-11(15)8(3)9(4)12(13)16/h7,10,14H,5-6H2,1-4H3. The number of aliphatic hydroxyl groups is 1. The number of rotatable bonds is 4. The van der Waals surface area contributed by atoms with Gasteiger partial charge in [0.25, 0.3) is 11.8 Å². The molecule has 1 atom stereocenters. The Labute approximate surface area is 95.9 Å². The van der Waals surface area contributed by atoms with Gasteiger partial charge in [-0.2, -0.15) is 0 Å². The molecular weight excluding hydrogens is 206 g/mol. The third kappa shape index (κ3) is 2.16. The Kier molecular flexibility index (Phi) is 3.86. The monoisotopic (exact) mass is 225 g/mol. The maximum Gasteiger partial charge on any atom is 0.257 e. The van der Waals surface area contributed by atoms with Gasteiger partial charge in [-0.3, -0.25) is 14.5 Å². The van der Waals surface area contributed by atoms with Crippen LogP contribution in [0.15, 0.2) is 11.1 Å². The van der Waals surface area contributed by atoms with Gasteiger partial charge in [0, 0.05) is 11.1 Å². The summed E-state index contributed by atoms with van der Waals surface area (Å²) >= 11 is 0. The normalized spacial score (nSPS) is 19.0. The van der Waals surface area contributed by atoms with Crippen molar-refractivity contribution >= 4 is 11.8 Å². The topological polar surface area (TPSA) is 57.6 Å². The van der Waals surface area contributed by atoms with Gasteiger partial charge in [0.15, 0.2) is 0 Å². The number of nitrogens with zero attached hydrogens (tertiary/aromatic N) is 1. The lowest BCUT2D eigenvalue weighted by molar-refractivity contribution is -0.141. The molecule has 16 heavy (non-hydrogen) atoms. The van der Waals surface area contributed by atoms with Crippen molar-refractivity contribution in [2.45, 2.75) is 40.2 Å². The fourth-order valence-corrected chi connectivity index (χ4v) is 1.91. The van der Waals surface area contributed by atoms with Crippen LogP contribution in [-0.2, 0) is 9.59 Å². The third-order valence-corrected chi connectivity index (χ3v) is 2.96. The highest BCUT2D eigenvalue weighted by Gasteiger charge is 2.37. The minimum Gasteiger partial charge on any atom is -0.394 e. The molecule has 0 spiro atoms. The van der Waals surface area contributed by atoms with Gasteiger partial charge in [-0.1, -0.05) is 13.8 Å². The molecule has 1 aliphatic rings. The van der Waals surface area contributed by atoms with Crippen molar-refractivity contribution in [3.05, 3.63) is 11.1 Å². The summed E-state index contributed by atoms with van der Waals surface area (Å²) in [4.78, 5) is 24.9. The number of aliphatic hydroxyl groups excluding tert-OH is 1.